The smallest absolute Gasteiger partial charge is 0.169 e. The van der Waals surface area contributed by atoms with Gasteiger partial charge in [-0.3, -0.25) is 14.6 Å². The van der Waals surface area contributed by atoms with Crippen LogP contribution in [0.15, 0.2) is 11.4 Å². The lowest BCUT2D eigenvalue weighted by molar-refractivity contribution is -0.0249. The highest BCUT2D eigenvalue weighted by Gasteiger charge is 2.43. The predicted octanol–water partition coefficient (Wildman–Crippen LogP) is 1.77. The molecule has 2 saturated heterocycles. The van der Waals surface area contributed by atoms with E-state index in [0.29, 0.717) is 17.9 Å². The number of hydrogen-bond acceptors (Lipinski definition) is 6. The molecule has 1 aromatic heterocycles. The van der Waals surface area contributed by atoms with Gasteiger partial charge in [-0.2, -0.15) is 0 Å². The number of ketones is 1. The van der Waals surface area contributed by atoms with E-state index in [9.17, 15) is 9.90 Å². The Morgan fingerprint density at radius 1 is 1.19 bits per heavy atom. The first-order valence-corrected chi connectivity index (χ1v) is 10.8. The van der Waals surface area contributed by atoms with E-state index in [1.54, 1.807) is 18.3 Å². The minimum Gasteiger partial charge on any atom is -0.391 e. The van der Waals surface area contributed by atoms with Crippen molar-refractivity contribution in [1.29, 1.82) is 0 Å². The molecule has 26 heavy (non-hydrogen) atoms. The normalized spacial score (nSPS) is 34.1. The van der Waals surface area contributed by atoms with Crippen LogP contribution >= 0.6 is 11.3 Å². The van der Waals surface area contributed by atoms with Gasteiger partial charge in [-0.1, -0.05) is 0 Å². The molecule has 6 heteroatoms. The van der Waals surface area contributed by atoms with Gasteiger partial charge in [0.25, 0.3) is 0 Å². The summed E-state index contributed by atoms with van der Waals surface area (Å²) in [5.74, 6) is 1.49. The second-order valence-corrected chi connectivity index (χ2v) is 9.45. The number of fused-ring (bicyclic) bond motifs is 1. The van der Waals surface area contributed by atoms with Gasteiger partial charge in [0, 0.05) is 51.9 Å². The van der Waals surface area contributed by atoms with Crippen LogP contribution in [0.25, 0.3) is 0 Å². The molecule has 4 atom stereocenters. The molecule has 1 aromatic rings. The molecule has 1 aliphatic carbocycles. The van der Waals surface area contributed by atoms with Crippen molar-refractivity contribution in [3.8, 4) is 0 Å². The van der Waals surface area contributed by atoms with E-state index in [1.165, 1.54) is 5.56 Å². The number of aliphatic hydroxyl groups is 1. The van der Waals surface area contributed by atoms with Crippen LogP contribution in [0.4, 0.5) is 0 Å². The van der Waals surface area contributed by atoms with Gasteiger partial charge in [0.1, 0.15) is 0 Å². The molecule has 0 bridgehead atoms. The van der Waals surface area contributed by atoms with Gasteiger partial charge in [-0.15, -0.1) is 11.3 Å². The fourth-order valence-electron chi connectivity index (χ4n) is 5.08. The van der Waals surface area contributed by atoms with E-state index in [-0.39, 0.29) is 11.9 Å². The molecule has 0 amide bonds. The van der Waals surface area contributed by atoms with Gasteiger partial charge in [0.2, 0.25) is 0 Å². The highest BCUT2D eigenvalue weighted by molar-refractivity contribution is 7.12. The summed E-state index contributed by atoms with van der Waals surface area (Å²) in [5, 5.41) is 12.9. The van der Waals surface area contributed by atoms with E-state index in [0.717, 1.165) is 63.5 Å². The number of hydrogen-bond donors (Lipinski definition) is 1. The zero-order valence-corrected chi connectivity index (χ0v) is 16.7. The minimum absolute atomic E-state index is 0.162. The molecule has 0 spiro atoms. The first-order valence-electron chi connectivity index (χ1n) is 9.91. The number of carbonyl (C=O) groups excluding carboxylic acids is 1. The number of thiophene rings is 1. The Hall–Kier alpha value is -0.790. The van der Waals surface area contributed by atoms with Gasteiger partial charge < -0.3 is 10.0 Å². The lowest BCUT2D eigenvalue weighted by Crippen LogP contribution is -2.55. The molecule has 0 unspecified atom stereocenters. The van der Waals surface area contributed by atoms with Crippen LogP contribution in [-0.4, -0.2) is 84.1 Å². The van der Waals surface area contributed by atoms with Crippen LogP contribution in [0.1, 0.15) is 35.0 Å². The van der Waals surface area contributed by atoms with Gasteiger partial charge in [-0.25, -0.2) is 0 Å². The van der Waals surface area contributed by atoms with E-state index >= 15 is 0 Å². The Morgan fingerprint density at radius 3 is 2.54 bits per heavy atom. The van der Waals surface area contributed by atoms with E-state index in [4.69, 9.17) is 0 Å². The molecular formula is C20H31N3O2S. The average molecular weight is 378 g/mol. The van der Waals surface area contributed by atoms with Crippen LogP contribution < -0.4 is 0 Å². The van der Waals surface area contributed by atoms with Crippen molar-refractivity contribution >= 4 is 17.1 Å². The highest BCUT2D eigenvalue weighted by Crippen LogP contribution is 2.39. The first kappa shape index (κ1) is 18.6. The number of piperazine rings is 1. The van der Waals surface area contributed by atoms with Crippen molar-refractivity contribution in [2.24, 2.45) is 11.8 Å². The maximum absolute atomic E-state index is 11.5. The summed E-state index contributed by atoms with van der Waals surface area (Å²) in [6.07, 6.45) is 1.90. The number of carbonyl (C=O) groups is 1. The standard InChI is InChI=1S/C20H31N3O2S/c1-14(24)20-7-15(13-26-20)10-22-11-16-8-18(19(25)9-17(16)12-22)23-5-3-21(2)4-6-23/h7,13,16-19,25H,3-6,8-12H2,1-2H3/t16-,17+,18-,19-/m1/s1. The SMILES string of the molecule is CC(=O)c1cc(CN2C[C@H]3C[C@@H](N4CCN(C)CC4)[C@H](O)C[C@H]3C2)cs1. The molecule has 3 aliphatic rings. The Morgan fingerprint density at radius 2 is 1.88 bits per heavy atom. The summed E-state index contributed by atoms with van der Waals surface area (Å²) in [4.78, 5) is 19.8. The van der Waals surface area contributed by atoms with Crippen molar-refractivity contribution in [3.63, 3.8) is 0 Å². The Balaban J connectivity index is 1.35. The van der Waals surface area contributed by atoms with Gasteiger partial charge in [0.15, 0.2) is 5.78 Å². The van der Waals surface area contributed by atoms with Crippen molar-refractivity contribution in [2.75, 3.05) is 46.3 Å². The van der Waals surface area contributed by atoms with E-state index < -0.39 is 0 Å². The van der Waals surface area contributed by atoms with Crippen LogP contribution in [0.2, 0.25) is 0 Å². The Bertz CT molecular complexity index is 641. The molecular weight excluding hydrogens is 346 g/mol. The number of aliphatic hydroxyl groups excluding tert-OH is 1. The van der Waals surface area contributed by atoms with Gasteiger partial charge in [0.05, 0.1) is 11.0 Å². The number of likely N-dealkylation sites (N-methyl/N-ethyl adjacent to an activating group) is 1. The topological polar surface area (TPSA) is 47.0 Å². The molecule has 3 heterocycles. The molecule has 0 radical (unpaired) electrons. The maximum atomic E-state index is 11.5. The van der Waals surface area contributed by atoms with Crippen LogP contribution in [0.5, 0.6) is 0 Å². The summed E-state index contributed by atoms with van der Waals surface area (Å²) in [6.45, 7) is 9.19. The van der Waals surface area contributed by atoms with Gasteiger partial charge >= 0.3 is 0 Å². The number of rotatable bonds is 4. The van der Waals surface area contributed by atoms with E-state index in [2.05, 4.69) is 33.2 Å². The van der Waals surface area contributed by atoms with Crippen LogP contribution in [0.3, 0.4) is 0 Å². The third-order valence-corrected chi connectivity index (χ3v) is 7.68. The van der Waals surface area contributed by atoms with Crippen LogP contribution in [-0.2, 0) is 6.54 Å². The predicted molar refractivity (Wildman–Crippen MR) is 105 cm³/mol. The second-order valence-electron chi connectivity index (χ2n) is 8.53. The number of likely N-dealkylation sites (tertiary alicyclic amines) is 1. The molecule has 1 saturated carbocycles. The average Bonchev–Trinajstić information content (AvgIpc) is 3.21. The van der Waals surface area contributed by atoms with E-state index in [1.807, 2.05) is 0 Å². The molecule has 3 fully saturated rings. The number of Topliss-reactive ketones (excluding diaryl/α,β-unsaturated/α-hetero) is 1. The molecule has 144 valence electrons. The van der Waals surface area contributed by atoms with Crippen molar-refractivity contribution < 1.29 is 9.90 Å². The van der Waals surface area contributed by atoms with Gasteiger partial charge in [-0.05, 0) is 55.7 Å². The van der Waals surface area contributed by atoms with Crippen molar-refractivity contribution in [1.82, 2.24) is 14.7 Å². The number of nitrogens with zero attached hydrogens (tertiary/aromatic N) is 3. The fraction of sp³-hybridized carbons (Fsp3) is 0.750. The zero-order valence-electron chi connectivity index (χ0n) is 15.9. The summed E-state index contributed by atoms with van der Waals surface area (Å²) >= 11 is 1.56. The maximum Gasteiger partial charge on any atom is 0.169 e. The van der Waals surface area contributed by atoms with Crippen molar-refractivity contribution in [2.45, 2.75) is 38.5 Å². The molecule has 5 nitrogen and oxygen atoms in total. The monoisotopic (exact) mass is 377 g/mol. The fourth-order valence-corrected chi connectivity index (χ4v) is 5.89. The summed E-state index contributed by atoms with van der Waals surface area (Å²) in [6, 6.07) is 2.40. The Kier molecular flexibility index (Phi) is 5.48. The molecule has 4 rings (SSSR count). The quantitative estimate of drug-likeness (QED) is 0.811. The largest absolute Gasteiger partial charge is 0.391 e. The summed E-state index contributed by atoms with van der Waals surface area (Å²) in [7, 11) is 2.18. The first-order chi connectivity index (χ1) is 12.5. The molecule has 1 N–H and O–H groups in total. The Labute approximate surface area is 160 Å². The third-order valence-electron chi connectivity index (χ3n) is 6.60. The molecule has 0 aromatic carbocycles. The highest BCUT2D eigenvalue weighted by atomic mass is 32.1. The van der Waals surface area contributed by atoms with Crippen LogP contribution in [0, 0.1) is 11.8 Å². The summed E-state index contributed by atoms with van der Waals surface area (Å²) < 4.78 is 0. The third kappa shape index (κ3) is 3.90. The zero-order chi connectivity index (χ0) is 18.3. The second kappa shape index (κ2) is 7.68. The molecule has 2 aliphatic heterocycles. The lowest BCUT2D eigenvalue weighted by Gasteiger charge is -2.44. The van der Waals surface area contributed by atoms with Crippen molar-refractivity contribution in [3.05, 3.63) is 21.9 Å². The summed E-state index contributed by atoms with van der Waals surface area (Å²) in [5.41, 5.74) is 1.26. The minimum atomic E-state index is -0.176. The lowest BCUT2D eigenvalue weighted by atomic mass is 9.77.